The fraction of sp³-hybridized carbons (Fsp3) is 0.167. The zero-order chi connectivity index (χ0) is 23.7. The summed E-state index contributed by atoms with van der Waals surface area (Å²) in [6, 6.07) is 14.3. The molecule has 9 heteroatoms. The first-order valence-electron chi connectivity index (χ1n) is 10.0. The van der Waals surface area contributed by atoms with Gasteiger partial charge in [0.1, 0.15) is 12.4 Å². The third kappa shape index (κ3) is 5.09. The summed E-state index contributed by atoms with van der Waals surface area (Å²) in [4.78, 5) is 26.9. The molecular formula is C24H19Cl3N2O3S. The summed E-state index contributed by atoms with van der Waals surface area (Å²) >= 11 is 19.0. The molecule has 1 aliphatic rings. The number of hydrogen-bond acceptors (Lipinski definition) is 4. The van der Waals surface area contributed by atoms with Crippen LogP contribution in [0.2, 0.25) is 15.1 Å². The van der Waals surface area contributed by atoms with E-state index < -0.39 is 0 Å². The molecule has 0 atom stereocenters. The van der Waals surface area contributed by atoms with E-state index in [0.29, 0.717) is 25.7 Å². The number of aromatic nitrogens is 1. The van der Waals surface area contributed by atoms with Crippen molar-refractivity contribution in [3.63, 3.8) is 0 Å². The van der Waals surface area contributed by atoms with Gasteiger partial charge in [0.2, 0.25) is 0 Å². The Morgan fingerprint density at radius 3 is 2.39 bits per heavy atom. The summed E-state index contributed by atoms with van der Waals surface area (Å²) in [7, 11) is 0. The largest absolute Gasteiger partial charge is 0.492 e. The number of amides is 2. The highest BCUT2D eigenvalue weighted by molar-refractivity contribution is 8.18. The molecule has 1 saturated heterocycles. The summed E-state index contributed by atoms with van der Waals surface area (Å²) in [5.74, 6) is 0.292. The number of thioether (sulfide) groups is 1. The second-order valence-electron chi connectivity index (χ2n) is 7.40. The van der Waals surface area contributed by atoms with Crippen molar-refractivity contribution in [3.8, 4) is 11.4 Å². The number of halogens is 3. The van der Waals surface area contributed by atoms with Gasteiger partial charge < -0.3 is 9.30 Å². The first kappa shape index (κ1) is 23.8. The van der Waals surface area contributed by atoms with E-state index >= 15 is 0 Å². The number of aryl methyl sites for hydroxylation is 1. The number of imide groups is 1. The Labute approximate surface area is 210 Å². The van der Waals surface area contributed by atoms with Crippen molar-refractivity contribution in [2.75, 3.05) is 13.2 Å². The standard InChI is InChI=1S/C24H19Cl3N2O3S/c1-14-11-16(15(2)29(14)18-5-8-20(26)21(27)13-18)12-22-23(30)28(24(31)33-22)9-10-32-19-6-3-17(25)4-7-19/h3-8,11-13H,9-10H2,1-2H3/b22-12-. The predicted octanol–water partition coefficient (Wildman–Crippen LogP) is 7.17. The maximum absolute atomic E-state index is 12.9. The lowest BCUT2D eigenvalue weighted by Gasteiger charge is -2.13. The molecule has 2 amide bonds. The lowest BCUT2D eigenvalue weighted by molar-refractivity contribution is -0.123. The van der Waals surface area contributed by atoms with Crippen molar-refractivity contribution in [3.05, 3.63) is 85.5 Å². The smallest absolute Gasteiger partial charge is 0.293 e. The molecule has 2 heterocycles. The molecule has 5 nitrogen and oxygen atoms in total. The van der Waals surface area contributed by atoms with Gasteiger partial charge in [0.15, 0.2) is 0 Å². The maximum Gasteiger partial charge on any atom is 0.293 e. The van der Waals surface area contributed by atoms with Crippen molar-refractivity contribution in [1.82, 2.24) is 9.47 Å². The zero-order valence-corrected chi connectivity index (χ0v) is 20.9. The van der Waals surface area contributed by atoms with Crippen LogP contribution < -0.4 is 4.74 Å². The van der Waals surface area contributed by atoms with Crippen LogP contribution >= 0.6 is 46.6 Å². The number of rotatable bonds is 6. The van der Waals surface area contributed by atoms with Gasteiger partial charge >= 0.3 is 0 Å². The van der Waals surface area contributed by atoms with Crippen molar-refractivity contribution < 1.29 is 14.3 Å². The van der Waals surface area contributed by atoms with Crippen molar-refractivity contribution in [2.24, 2.45) is 0 Å². The average Bonchev–Trinajstić information content (AvgIpc) is 3.20. The highest BCUT2D eigenvalue weighted by Gasteiger charge is 2.35. The van der Waals surface area contributed by atoms with Crippen LogP contribution in [0.15, 0.2) is 53.4 Å². The molecule has 4 rings (SSSR count). The summed E-state index contributed by atoms with van der Waals surface area (Å²) in [5.41, 5.74) is 3.60. The first-order chi connectivity index (χ1) is 15.7. The summed E-state index contributed by atoms with van der Waals surface area (Å²) in [6.45, 7) is 4.27. The molecule has 1 aliphatic heterocycles. The fourth-order valence-electron chi connectivity index (χ4n) is 3.57. The highest BCUT2D eigenvalue weighted by Crippen LogP contribution is 2.34. The number of carbonyl (C=O) groups is 2. The highest BCUT2D eigenvalue weighted by atomic mass is 35.5. The Morgan fingerprint density at radius 1 is 0.970 bits per heavy atom. The number of benzene rings is 2. The van der Waals surface area contributed by atoms with E-state index in [1.807, 2.05) is 30.5 Å². The van der Waals surface area contributed by atoms with Crippen molar-refractivity contribution in [2.45, 2.75) is 13.8 Å². The van der Waals surface area contributed by atoms with Crippen LogP contribution in [0.1, 0.15) is 17.0 Å². The Balaban J connectivity index is 1.50. The molecule has 0 N–H and O–H groups in total. The Kier molecular flexibility index (Phi) is 7.10. The SMILES string of the molecule is Cc1cc(/C=C2\SC(=O)N(CCOc3ccc(Cl)cc3)C2=O)c(C)n1-c1ccc(Cl)c(Cl)c1. The molecule has 0 unspecified atom stereocenters. The molecule has 170 valence electrons. The maximum atomic E-state index is 12.9. The van der Waals surface area contributed by atoms with Gasteiger partial charge in [-0.3, -0.25) is 14.5 Å². The molecule has 0 spiro atoms. The minimum atomic E-state index is -0.330. The van der Waals surface area contributed by atoms with Crippen LogP contribution in [0, 0.1) is 13.8 Å². The molecule has 0 saturated carbocycles. The van der Waals surface area contributed by atoms with Gasteiger partial charge in [-0.1, -0.05) is 34.8 Å². The van der Waals surface area contributed by atoms with Crippen LogP contribution in [0.4, 0.5) is 4.79 Å². The van der Waals surface area contributed by atoms with E-state index in [1.54, 1.807) is 42.5 Å². The zero-order valence-electron chi connectivity index (χ0n) is 17.8. The Morgan fingerprint density at radius 2 is 1.70 bits per heavy atom. The molecule has 1 aromatic heterocycles. The van der Waals surface area contributed by atoms with Crippen LogP contribution in [0.25, 0.3) is 11.8 Å². The third-order valence-electron chi connectivity index (χ3n) is 5.19. The monoisotopic (exact) mass is 520 g/mol. The number of carbonyl (C=O) groups excluding carboxylic acids is 2. The molecule has 1 fully saturated rings. The summed E-state index contributed by atoms with van der Waals surface area (Å²) in [5, 5.41) is 1.24. The normalized spacial score (nSPS) is 15.1. The Bertz CT molecular complexity index is 1270. The predicted molar refractivity (Wildman–Crippen MR) is 135 cm³/mol. The molecule has 0 radical (unpaired) electrons. The van der Waals surface area contributed by atoms with E-state index in [9.17, 15) is 9.59 Å². The summed E-state index contributed by atoms with van der Waals surface area (Å²) in [6.07, 6.45) is 1.75. The minimum Gasteiger partial charge on any atom is -0.492 e. The van der Waals surface area contributed by atoms with Gasteiger partial charge in [0.25, 0.3) is 11.1 Å². The van der Waals surface area contributed by atoms with Gasteiger partial charge in [0.05, 0.1) is 21.5 Å². The fourth-order valence-corrected chi connectivity index (χ4v) is 4.85. The number of ether oxygens (including phenoxy) is 1. The van der Waals surface area contributed by atoms with Gasteiger partial charge in [-0.25, -0.2) is 0 Å². The topological polar surface area (TPSA) is 51.5 Å². The molecule has 2 aromatic carbocycles. The van der Waals surface area contributed by atoms with E-state index in [2.05, 4.69) is 0 Å². The van der Waals surface area contributed by atoms with Gasteiger partial charge in [-0.15, -0.1) is 0 Å². The quantitative estimate of drug-likeness (QED) is 0.323. The molecule has 3 aromatic rings. The minimum absolute atomic E-state index is 0.160. The van der Waals surface area contributed by atoms with Crippen LogP contribution in [-0.4, -0.2) is 33.8 Å². The van der Waals surface area contributed by atoms with Crippen LogP contribution in [-0.2, 0) is 4.79 Å². The van der Waals surface area contributed by atoms with Crippen LogP contribution in [0.3, 0.4) is 0 Å². The van der Waals surface area contributed by atoms with Crippen molar-refractivity contribution >= 4 is 63.8 Å². The van der Waals surface area contributed by atoms with Gasteiger partial charge in [-0.2, -0.15) is 0 Å². The van der Waals surface area contributed by atoms with E-state index in [0.717, 1.165) is 34.4 Å². The number of nitrogens with zero attached hydrogens (tertiary/aromatic N) is 2. The van der Waals surface area contributed by atoms with Gasteiger partial charge in [0, 0.05) is 22.1 Å². The molecular weight excluding hydrogens is 503 g/mol. The average molecular weight is 522 g/mol. The first-order valence-corrected chi connectivity index (χ1v) is 12.0. The lowest BCUT2D eigenvalue weighted by atomic mass is 10.2. The van der Waals surface area contributed by atoms with E-state index in [4.69, 9.17) is 39.5 Å². The second-order valence-corrected chi connectivity index (χ2v) is 9.64. The van der Waals surface area contributed by atoms with E-state index in [-0.39, 0.29) is 24.3 Å². The third-order valence-corrected chi connectivity index (χ3v) is 7.09. The van der Waals surface area contributed by atoms with Crippen molar-refractivity contribution in [1.29, 1.82) is 0 Å². The molecule has 0 aliphatic carbocycles. The van der Waals surface area contributed by atoms with Crippen LogP contribution in [0.5, 0.6) is 5.75 Å². The molecule has 0 bridgehead atoms. The number of hydrogen-bond donors (Lipinski definition) is 0. The lowest BCUT2D eigenvalue weighted by Crippen LogP contribution is -2.32. The van der Waals surface area contributed by atoms with E-state index in [1.165, 1.54) is 4.90 Å². The summed E-state index contributed by atoms with van der Waals surface area (Å²) < 4.78 is 7.65. The Hall–Kier alpha value is -2.38. The second kappa shape index (κ2) is 9.85. The van der Waals surface area contributed by atoms with Gasteiger partial charge in [-0.05, 0) is 85.8 Å². The molecule has 33 heavy (non-hydrogen) atoms.